The third-order valence-corrected chi connectivity index (χ3v) is 9.17. The number of likely N-dealkylation sites (tertiary alicyclic amines) is 1. The van der Waals surface area contributed by atoms with Gasteiger partial charge in [-0.3, -0.25) is 9.59 Å². The molecule has 4 atom stereocenters. The van der Waals surface area contributed by atoms with Gasteiger partial charge in [0.2, 0.25) is 5.91 Å². The van der Waals surface area contributed by atoms with Crippen molar-refractivity contribution in [3.8, 4) is 0 Å². The summed E-state index contributed by atoms with van der Waals surface area (Å²) in [5.74, 6) is 1.35. The van der Waals surface area contributed by atoms with Gasteiger partial charge in [0.25, 0.3) is 0 Å². The molecule has 1 amide bonds. The number of hydrogen-bond acceptors (Lipinski definition) is 4. The quantitative estimate of drug-likeness (QED) is 0.178. The molecular formula is C32H35Cl2NO3S. The number of thioether (sulfide) groups is 1. The van der Waals surface area contributed by atoms with Crippen LogP contribution < -0.4 is 0 Å². The van der Waals surface area contributed by atoms with Gasteiger partial charge in [-0.15, -0.1) is 0 Å². The Bertz CT molecular complexity index is 1270. The molecule has 206 valence electrons. The van der Waals surface area contributed by atoms with E-state index >= 15 is 0 Å². The van der Waals surface area contributed by atoms with Gasteiger partial charge in [-0.25, -0.2) is 0 Å². The summed E-state index contributed by atoms with van der Waals surface area (Å²) in [5, 5.41) is 1.29. The number of benzene rings is 3. The highest BCUT2D eigenvalue weighted by Crippen LogP contribution is 2.52. The SMILES string of the molecule is COC(=O)CC1(C)CC(c2cccc(Cl)c2)C(c2ccc(Cl)cc2)N([C@H](C)CCSCc2ccccc2)C1=O. The molecule has 3 aromatic carbocycles. The summed E-state index contributed by atoms with van der Waals surface area (Å²) in [6.07, 6.45) is 1.35. The molecule has 0 bridgehead atoms. The molecule has 39 heavy (non-hydrogen) atoms. The second-order valence-electron chi connectivity index (χ2n) is 10.6. The minimum absolute atomic E-state index is 0.0216. The summed E-state index contributed by atoms with van der Waals surface area (Å²) in [7, 11) is 1.37. The van der Waals surface area contributed by atoms with Gasteiger partial charge < -0.3 is 9.64 Å². The molecule has 1 aliphatic rings. The van der Waals surface area contributed by atoms with E-state index < -0.39 is 5.41 Å². The van der Waals surface area contributed by atoms with Gasteiger partial charge in [0, 0.05) is 27.8 Å². The average molecular weight is 585 g/mol. The zero-order chi connectivity index (χ0) is 28.0. The highest BCUT2D eigenvalue weighted by Gasteiger charge is 2.51. The first kappa shape index (κ1) is 29.5. The van der Waals surface area contributed by atoms with Crippen LogP contribution in [-0.2, 0) is 20.1 Å². The maximum atomic E-state index is 14.3. The molecular weight excluding hydrogens is 549 g/mol. The fourth-order valence-electron chi connectivity index (χ4n) is 5.58. The number of esters is 1. The lowest BCUT2D eigenvalue weighted by Gasteiger charge is -2.51. The maximum absolute atomic E-state index is 14.3. The highest BCUT2D eigenvalue weighted by atomic mass is 35.5. The molecule has 4 rings (SSSR count). The maximum Gasteiger partial charge on any atom is 0.306 e. The summed E-state index contributed by atoms with van der Waals surface area (Å²) in [5.41, 5.74) is 2.44. The number of ether oxygens (including phenoxy) is 1. The Labute approximate surface area is 246 Å². The minimum Gasteiger partial charge on any atom is -0.469 e. The van der Waals surface area contributed by atoms with Gasteiger partial charge in [0.1, 0.15) is 0 Å². The molecule has 1 saturated heterocycles. The molecule has 0 aliphatic carbocycles. The normalized spacial score (nSPS) is 22.0. The molecule has 1 heterocycles. The van der Waals surface area contributed by atoms with E-state index in [-0.39, 0.29) is 36.3 Å². The van der Waals surface area contributed by atoms with Crippen LogP contribution >= 0.6 is 35.0 Å². The van der Waals surface area contributed by atoms with Crippen molar-refractivity contribution >= 4 is 46.8 Å². The van der Waals surface area contributed by atoms with Crippen molar-refractivity contribution in [3.05, 3.63) is 106 Å². The van der Waals surface area contributed by atoms with Crippen LogP contribution in [0.4, 0.5) is 0 Å². The van der Waals surface area contributed by atoms with E-state index in [0.29, 0.717) is 16.5 Å². The van der Waals surface area contributed by atoms with Crippen LogP contribution in [-0.4, -0.2) is 35.7 Å². The van der Waals surface area contributed by atoms with Crippen molar-refractivity contribution in [2.75, 3.05) is 12.9 Å². The van der Waals surface area contributed by atoms with Crippen LogP contribution in [0, 0.1) is 5.41 Å². The van der Waals surface area contributed by atoms with E-state index in [2.05, 4.69) is 37.3 Å². The zero-order valence-corrected chi connectivity index (χ0v) is 24.9. The fourth-order valence-corrected chi connectivity index (χ4v) is 6.98. The number of methoxy groups -OCH3 is 1. The molecule has 0 saturated carbocycles. The molecule has 0 radical (unpaired) electrons. The summed E-state index contributed by atoms with van der Waals surface area (Å²) in [4.78, 5) is 28.9. The van der Waals surface area contributed by atoms with Crippen molar-refractivity contribution in [3.63, 3.8) is 0 Å². The number of rotatable bonds is 10. The standard InChI is InChI=1S/C32H35Cl2NO3S/c1-22(16-17-39-21-23-8-5-4-6-9-23)35-30(24-12-14-26(33)15-13-24)28(25-10-7-11-27(34)18-25)19-32(2,31(35)37)20-29(36)38-3/h4-15,18,22,28,30H,16-17,19-21H2,1-3H3/t22-,28?,30?,32?/m1/s1. The molecule has 4 nitrogen and oxygen atoms in total. The van der Waals surface area contributed by atoms with Crippen LogP contribution in [0.25, 0.3) is 0 Å². The first-order chi connectivity index (χ1) is 18.7. The molecule has 1 aliphatic heterocycles. The smallest absolute Gasteiger partial charge is 0.306 e. The van der Waals surface area contributed by atoms with E-state index in [1.54, 1.807) is 0 Å². The molecule has 3 unspecified atom stereocenters. The molecule has 3 aromatic rings. The van der Waals surface area contributed by atoms with E-state index in [0.717, 1.165) is 29.1 Å². The lowest BCUT2D eigenvalue weighted by atomic mass is 9.67. The monoisotopic (exact) mass is 583 g/mol. The molecule has 0 aromatic heterocycles. The minimum atomic E-state index is -0.908. The summed E-state index contributed by atoms with van der Waals surface area (Å²) in [6.45, 7) is 4.01. The lowest BCUT2D eigenvalue weighted by molar-refractivity contribution is -0.161. The van der Waals surface area contributed by atoms with Crippen LogP contribution in [0.2, 0.25) is 10.0 Å². The number of carbonyl (C=O) groups excluding carboxylic acids is 2. The van der Waals surface area contributed by atoms with Gasteiger partial charge in [0.05, 0.1) is 25.0 Å². The highest BCUT2D eigenvalue weighted by molar-refractivity contribution is 7.98. The Morgan fingerprint density at radius 1 is 1.03 bits per heavy atom. The first-order valence-corrected chi connectivity index (χ1v) is 15.1. The summed E-state index contributed by atoms with van der Waals surface area (Å²) >= 11 is 14.6. The Morgan fingerprint density at radius 3 is 2.41 bits per heavy atom. The Balaban J connectivity index is 1.69. The predicted molar refractivity (Wildman–Crippen MR) is 161 cm³/mol. The van der Waals surface area contributed by atoms with Crippen molar-refractivity contribution < 1.29 is 14.3 Å². The number of carbonyl (C=O) groups is 2. The van der Waals surface area contributed by atoms with Crippen molar-refractivity contribution in [2.45, 2.75) is 56.9 Å². The Hall–Kier alpha value is -2.47. The molecule has 7 heteroatoms. The van der Waals surface area contributed by atoms with Crippen LogP contribution in [0.15, 0.2) is 78.9 Å². The van der Waals surface area contributed by atoms with Crippen LogP contribution in [0.3, 0.4) is 0 Å². The third kappa shape index (κ3) is 7.19. The van der Waals surface area contributed by atoms with E-state index in [1.807, 2.05) is 72.1 Å². The third-order valence-electron chi connectivity index (χ3n) is 7.62. The van der Waals surface area contributed by atoms with E-state index in [9.17, 15) is 9.59 Å². The number of amides is 1. The number of halogens is 2. The lowest BCUT2D eigenvalue weighted by Crippen LogP contribution is -2.55. The van der Waals surface area contributed by atoms with Crippen molar-refractivity contribution in [1.29, 1.82) is 0 Å². The topological polar surface area (TPSA) is 46.6 Å². The summed E-state index contributed by atoms with van der Waals surface area (Å²) in [6, 6.07) is 25.7. The van der Waals surface area contributed by atoms with Gasteiger partial charge in [0.15, 0.2) is 0 Å². The van der Waals surface area contributed by atoms with Crippen LogP contribution in [0.1, 0.15) is 61.8 Å². The molecule has 1 fully saturated rings. The average Bonchev–Trinajstić information content (AvgIpc) is 2.93. The summed E-state index contributed by atoms with van der Waals surface area (Å²) < 4.78 is 5.02. The van der Waals surface area contributed by atoms with E-state index in [4.69, 9.17) is 27.9 Å². The number of nitrogens with zero attached hydrogens (tertiary/aromatic N) is 1. The fraction of sp³-hybridized carbons (Fsp3) is 0.375. The van der Waals surface area contributed by atoms with Crippen molar-refractivity contribution in [1.82, 2.24) is 4.90 Å². The predicted octanol–water partition coefficient (Wildman–Crippen LogP) is 8.33. The first-order valence-electron chi connectivity index (χ1n) is 13.2. The van der Waals surface area contributed by atoms with Gasteiger partial charge in [-0.05, 0) is 66.5 Å². The Kier molecular flexibility index (Phi) is 10.0. The van der Waals surface area contributed by atoms with Gasteiger partial charge >= 0.3 is 5.97 Å². The second-order valence-corrected chi connectivity index (χ2v) is 12.5. The second kappa shape index (κ2) is 13.3. The molecule has 0 spiro atoms. The number of piperidine rings is 1. The zero-order valence-electron chi connectivity index (χ0n) is 22.6. The van der Waals surface area contributed by atoms with Gasteiger partial charge in [-0.2, -0.15) is 11.8 Å². The Morgan fingerprint density at radius 2 is 1.74 bits per heavy atom. The van der Waals surface area contributed by atoms with Gasteiger partial charge in [-0.1, -0.05) is 84.7 Å². The number of hydrogen-bond donors (Lipinski definition) is 0. The van der Waals surface area contributed by atoms with Crippen LogP contribution in [0.5, 0.6) is 0 Å². The van der Waals surface area contributed by atoms with Crippen molar-refractivity contribution in [2.24, 2.45) is 5.41 Å². The largest absolute Gasteiger partial charge is 0.469 e. The van der Waals surface area contributed by atoms with E-state index in [1.165, 1.54) is 12.7 Å². The molecule has 0 N–H and O–H groups in total.